The lowest BCUT2D eigenvalue weighted by Crippen LogP contribution is -2.44. The lowest BCUT2D eigenvalue weighted by atomic mass is 9.83. The summed E-state index contributed by atoms with van der Waals surface area (Å²) in [5.41, 5.74) is 1.80. The van der Waals surface area contributed by atoms with Crippen molar-refractivity contribution >= 4 is 28.0 Å². The van der Waals surface area contributed by atoms with E-state index in [4.69, 9.17) is 5.26 Å². The smallest absolute Gasteiger partial charge is 0.230 e. The number of amides is 1. The number of pyridine rings is 1. The summed E-state index contributed by atoms with van der Waals surface area (Å²) < 4.78 is 0. The number of imidazole rings is 1. The van der Waals surface area contributed by atoms with Crippen LogP contribution in [0.15, 0.2) is 18.5 Å². The summed E-state index contributed by atoms with van der Waals surface area (Å²) in [6.07, 6.45) is 13.0. The highest BCUT2D eigenvalue weighted by molar-refractivity contribution is 6.00. The van der Waals surface area contributed by atoms with Gasteiger partial charge in [-0.05, 0) is 57.4 Å². The molecule has 182 valence electrons. The third-order valence-electron chi connectivity index (χ3n) is 7.35. The lowest BCUT2D eigenvalue weighted by molar-refractivity contribution is -0.133. The minimum absolute atomic E-state index is 0.0755. The molecule has 3 aromatic rings. The molecule has 3 aromatic heterocycles. The number of nitrogens with one attached hydrogen (secondary N) is 2. The number of nitrogens with zero attached hydrogens (tertiary/aromatic N) is 4. The summed E-state index contributed by atoms with van der Waals surface area (Å²) in [6, 6.07) is 4.18. The van der Waals surface area contributed by atoms with Crippen molar-refractivity contribution in [2.24, 2.45) is 11.8 Å². The molecule has 8 heteroatoms. The molecule has 0 atom stereocenters. The molecule has 1 aliphatic carbocycles. The zero-order chi connectivity index (χ0) is 24.1. The number of piperidine rings is 1. The third kappa shape index (κ3) is 5.76. The van der Waals surface area contributed by atoms with Gasteiger partial charge in [0.1, 0.15) is 17.0 Å². The van der Waals surface area contributed by atoms with Crippen molar-refractivity contribution in [2.75, 3.05) is 13.1 Å². The lowest BCUT2D eigenvalue weighted by Gasteiger charge is -2.37. The van der Waals surface area contributed by atoms with Crippen LogP contribution in [0, 0.1) is 23.2 Å². The molecule has 1 saturated heterocycles. The summed E-state index contributed by atoms with van der Waals surface area (Å²) in [5.74, 6) is 1.73. The normalized spacial score (nSPS) is 18.0. The van der Waals surface area contributed by atoms with E-state index in [1.165, 1.54) is 32.1 Å². The molecule has 1 saturated carbocycles. The Morgan fingerprint density at radius 2 is 1.97 bits per heavy atom. The maximum atomic E-state index is 12.6. The van der Waals surface area contributed by atoms with Gasteiger partial charge in [0.15, 0.2) is 0 Å². The number of aliphatic hydroxyl groups is 1. The first-order valence-corrected chi connectivity index (χ1v) is 12.5. The second kappa shape index (κ2) is 10.6. The Labute approximate surface area is 200 Å². The SMILES string of the molecule is CC(C)(O)C1CCN(C(=O)Cc2nc3c(cnc4[nH]ccc43)[nH]2)CC1.N#CCC1CCCCC1. The first-order chi connectivity index (χ1) is 16.3. The molecular weight excluding hydrogens is 428 g/mol. The van der Waals surface area contributed by atoms with Gasteiger partial charge in [0.2, 0.25) is 5.91 Å². The van der Waals surface area contributed by atoms with Crippen LogP contribution in [0.2, 0.25) is 0 Å². The van der Waals surface area contributed by atoms with Gasteiger partial charge in [-0.2, -0.15) is 5.26 Å². The molecule has 0 radical (unpaired) electrons. The number of hydrogen-bond donors (Lipinski definition) is 3. The summed E-state index contributed by atoms with van der Waals surface area (Å²) >= 11 is 0. The number of hydrogen-bond acceptors (Lipinski definition) is 5. The van der Waals surface area contributed by atoms with Crippen LogP contribution in [-0.4, -0.2) is 54.5 Å². The Bertz CT molecular complexity index is 1140. The number of H-pyrrole nitrogens is 2. The van der Waals surface area contributed by atoms with Crippen LogP contribution in [0.4, 0.5) is 0 Å². The number of aromatic nitrogens is 4. The van der Waals surface area contributed by atoms with E-state index in [9.17, 15) is 9.90 Å². The van der Waals surface area contributed by atoms with E-state index in [2.05, 4.69) is 26.0 Å². The second-order valence-electron chi connectivity index (χ2n) is 10.3. The van der Waals surface area contributed by atoms with E-state index in [0.717, 1.165) is 47.2 Å². The highest BCUT2D eigenvalue weighted by Gasteiger charge is 2.32. The fourth-order valence-electron chi connectivity index (χ4n) is 5.22. The van der Waals surface area contributed by atoms with Crippen molar-refractivity contribution in [3.63, 3.8) is 0 Å². The highest BCUT2D eigenvalue weighted by Crippen LogP contribution is 2.28. The van der Waals surface area contributed by atoms with Gasteiger partial charge >= 0.3 is 0 Å². The third-order valence-corrected chi connectivity index (χ3v) is 7.35. The monoisotopic (exact) mass is 464 g/mol. The quantitative estimate of drug-likeness (QED) is 0.526. The van der Waals surface area contributed by atoms with E-state index in [1.54, 1.807) is 6.20 Å². The highest BCUT2D eigenvalue weighted by atomic mass is 16.3. The predicted octanol–water partition coefficient (Wildman–Crippen LogP) is 4.47. The summed E-state index contributed by atoms with van der Waals surface area (Å²) in [6.45, 7) is 5.08. The maximum absolute atomic E-state index is 12.6. The minimum Gasteiger partial charge on any atom is -0.390 e. The van der Waals surface area contributed by atoms with E-state index in [-0.39, 0.29) is 18.2 Å². The predicted molar refractivity (Wildman–Crippen MR) is 132 cm³/mol. The van der Waals surface area contributed by atoms with Crippen molar-refractivity contribution in [1.82, 2.24) is 24.8 Å². The molecule has 0 spiro atoms. The van der Waals surface area contributed by atoms with Gasteiger partial charge in [-0.15, -0.1) is 0 Å². The van der Waals surface area contributed by atoms with E-state index < -0.39 is 5.60 Å². The van der Waals surface area contributed by atoms with Crippen LogP contribution in [0.1, 0.15) is 71.0 Å². The number of carbonyl (C=O) groups excluding carboxylic acids is 1. The van der Waals surface area contributed by atoms with Crippen LogP contribution >= 0.6 is 0 Å². The van der Waals surface area contributed by atoms with Gasteiger partial charge in [0, 0.05) is 31.1 Å². The van der Waals surface area contributed by atoms with Crippen LogP contribution in [0.25, 0.3) is 22.1 Å². The summed E-state index contributed by atoms with van der Waals surface area (Å²) in [7, 11) is 0. The van der Waals surface area contributed by atoms with Crippen molar-refractivity contribution in [1.29, 1.82) is 5.26 Å². The Kier molecular flexibility index (Phi) is 7.52. The van der Waals surface area contributed by atoms with E-state index >= 15 is 0 Å². The molecule has 2 fully saturated rings. The van der Waals surface area contributed by atoms with E-state index in [0.29, 0.717) is 18.9 Å². The number of carbonyl (C=O) groups is 1. The van der Waals surface area contributed by atoms with Crippen LogP contribution in [0.3, 0.4) is 0 Å². The first kappa shape index (κ1) is 24.2. The largest absolute Gasteiger partial charge is 0.390 e. The average molecular weight is 465 g/mol. The molecule has 0 bridgehead atoms. The minimum atomic E-state index is -0.678. The van der Waals surface area contributed by atoms with Crippen LogP contribution in [-0.2, 0) is 11.2 Å². The van der Waals surface area contributed by atoms with Gasteiger partial charge in [0.25, 0.3) is 0 Å². The first-order valence-electron chi connectivity index (χ1n) is 12.5. The molecule has 5 rings (SSSR count). The Morgan fingerprint density at radius 3 is 2.65 bits per heavy atom. The van der Waals surface area contributed by atoms with Crippen molar-refractivity contribution in [2.45, 2.75) is 77.2 Å². The molecule has 34 heavy (non-hydrogen) atoms. The van der Waals surface area contributed by atoms with Gasteiger partial charge in [0.05, 0.1) is 29.8 Å². The Balaban J connectivity index is 0.000000257. The molecule has 8 nitrogen and oxygen atoms in total. The Morgan fingerprint density at radius 1 is 1.24 bits per heavy atom. The van der Waals surface area contributed by atoms with Gasteiger partial charge in [-0.3, -0.25) is 4.79 Å². The molecule has 3 N–H and O–H groups in total. The average Bonchev–Trinajstić information content (AvgIpc) is 3.46. The van der Waals surface area contributed by atoms with Crippen LogP contribution < -0.4 is 0 Å². The van der Waals surface area contributed by atoms with Crippen molar-refractivity contribution in [3.05, 3.63) is 24.3 Å². The summed E-state index contributed by atoms with van der Waals surface area (Å²) in [5, 5.41) is 19.5. The fourth-order valence-corrected chi connectivity index (χ4v) is 5.22. The Hall–Kier alpha value is -2.92. The van der Waals surface area contributed by atoms with Crippen LogP contribution in [0.5, 0.6) is 0 Å². The van der Waals surface area contributed by atoms with Crippen molar-refractivity contribution < 1.29 is 9.90 Å². The topological polar surface area (TPSA) is 122 Å². The number of rotatable bonds is 4. The molecular formula is C26H36N6O2. The maximum Gasteiger partial charge on any atom is 0.230 e. The number of nitriles is 1. The van der Waals surface area contributed by atoms with Gasteiger partial charge < -0.3 is 20.0 Å². The second-order valence-corrected chi connectivity index (χ2v) is 10.3. The van der Waals surface area contributed by atoms with Gasteiger partial charge in [-0.1, -0.05) is 19.3 Å². The molecule has 2 aliphatic rings. The number of aromatic amines is 2. The zero-order valence-electron chi connectivity index (χ0n) is 20.3. The number of likely N-dealkylation sites (tertiary alicyclic amines) is 1. The van der Waals surface area contributed by atoms with Crippen molar-refractivity contribution in [3.8, 4) is 6.07 Å². The molecule has 0 aromatic carbocycles. The fraction of sp³-hybridized carbons (Fsp3) is 0.615. The molecule has 0 unspecified atom stereocenters. The number of fused-ring (bicyclic) bond motifs is 3. The summed E-state index contributed by atoms with van der Waals surface area (Å²) in [4.78, 5) is 29.7. The van der Waals surface area contributed by atoms with Gasteiger partial charge in [-0.25, -0.2) is 9.97 Å². The van der Waals surface area contributed by atoms with E-state index in [1.807, 2.05) is 31.0 Å². The molecule has 4 heterocycles. The molecule has 1 amide bonds. The standard InChI is InChI=1S/C18H23N5O2.C8H13N/c1-18(2,25)11-4-7-23(8-5-11)15(24)9-14-21-13-10-20-17-12(3-6-19-17)16(13)22-14;9-7-6-8-4-2-1-3-5-8/h3,6,10-11,25H,4-5,7-9H2,1-2H3,(H,19,20)(H,21,22);8H,1-6H2. The zero-order valence-corrected chi connectivity index (χ0v) is 20.3. The molecule has 1 aliphatic heterocycles.